The standard InChI is InChI=1S/C11H16N4S/c1-4-8-7(6-15(3)14-8)10-11(12)16-9(5-2)13-10/h6H,4-5,12H2,1-3H3. The van der Waals surface area contributed by atoms with Gasteiger partial charge in [0.25, 0.3) is 0 Å². The number of aryl methyl sites for hydroxylation is 3. The van der Waals surface area contributed by atoms with Crippen LogP contribution in [0.3, 0.4) is 0 Å². The first-order valence-electron chi connectivity index (χ1n) is 5.43. The smallest absolute Gasteiger partial charge is 0.114 e. The van der Waals surface area contributed by atoms with Gasteiger partial charge >= 0.3 is 0 Å². The highest BCUT2D eigenvalue weighted by Crippen LogP contribution is 2.32. The normalized spacial score (nSPS) is 10.9. The molecule has 0 saturated heterocycles. The number of hydrogen-bond acceptors (Lipinski definition) is 4. The number of rotatable bonds is 3. The molecule has 4 nitrogen and oxygen atoms in total. The summed E-state index contributed by atoms with van der Waals surface area (Å²) in [5, 5.41) is 6.28. The van der Waals surface area contributed by atoms with Crippen molar-refractivity contribution in [2.75, 3.05) is 5.73 Å². The molecule has 0 aliphatic carbocycles. The molecule has 2 rings (SSSR count). The van der Waals surface area contributed by atoms with Gasteiger partial charge in [-0.05, 0) is 12.8 Å². The molecule has 2 aromatic heterocycles. The third-order valence-electron chi connectivity index (χ3n) is 2.50. The fraction of sp³-hybridized carbons (Fsp3) is 0.455. The van der Waals surface area contributed by atoms with Crippen LogP contribution in [0.2, 0.25) is 0 Å². The highest BCUT2D eigenvalue weighted by molar-refractivity contribution is 7.16. The molecule has 0 spiro atoms. The van der Waals surface area contributed by atoms with Gasteiger partial charge in [-0.3, -0.25) is 4.68 Å². The van der Waals surface area contributed by atoms with Crippen LogP contribution in [0.4, 0.5) is 5.00 Å². The number of nitrogens with two attached hydrogens (primary N) is 1. The zero-order valence-corrected chi connectivity index (χ0v) is 10.6. The summed E-state index contributed by atoms with van der Waals surface area (Å²) in [6.07, 6.45) is 3.81. The van der Waals surface area contributed by atoms with Gasteiger partial charge in [0, 0.05) is 18.8 Å². The maximum atomic E-state index is 6.00. The molecule has 0 bridgehead atoms. The summed E-state index contributed by atoms with van der Waals surface area (Å²) in [5.74, 6) is 0. The van der Waals surface area contributed by atoms with Crippen molar-refractivity contribution in [2.24, 2.45) is 7.05 Å². The van der Waals surface area contributed by atoms with E-state index in [4.69, 9.17) is 5.73 Å². The van der Waals surface area contributed by atoms with Crippen molar-refractivity contribution in [2.45, 2.75) is 26.7 Å². The second-order valence-corrected chi connectivity index (χ2v) is 4.81. The molecule has 0 radical (unpaired) electrons. The lowest BCUT2D eigenvalue weighted by Crippen LogP contribution is -1.90. The number of hydrogen-bond donors (Lipinski definition) is 1. The van der Waals surface area contributed by atoms with E-state index in [1.54, 1.807) is 11.3 Å². The second kappa shape index (κ2) is 4.25. The van der Waals surface area contributed by atoms with Crippen LogP contribution in [0.5, 0.6) is 0 Å². The molecule has 16 heavy (non-hydrogen) atoms. The number of nitrogen functional groups attached to an aromatic ring is 1. The van der Waals surface area contributed by atoms with E-state index in [1.807, 2.05) is 17.9 Å². The molecule has 0 amide bonds. The van der Waals surface area contributed by atoms with Crippen molar-refractivity contribution in [3.8, 4) is 11.3 Å². The fourth-order valence-corrected chi connectivity index (χ4v) is 2.50. The van der Waals surface area contributed by atoms with Crippen LogP contribution < -0.4 is 5.73 Å². The minimum absolute atomic E-state index is 0.791. The van der Waals surface area contributed by atoms with E-state index in [0.29, 0.717) is 0 Å². The number of aromatic nitrogens is 3. The first kappa shape index (κ1) is 11.1. The highest BCUT2D eigenvalue weighted by atomic mass is 32.1. The molecule has 0 aromatic carbocycles. The Hall–Kier alpha value is -1.36. The van der Waals surface area contributed by atoms with Gasteiger partial charge < -0.3 is 5.73 Å². The number of thiazole rings is 1. The maximum absolute atomic E-state index is 6.00. The van der Waals surface area contributed by atoms with Crippen LogP contribution >= 0.6 is 11.3 Å². The Kier molecular flexibility index (Phi) is 2.96. The van der Waals surface area contributed by atoms with Gasteiger partial charge in [-0.2, -0.15) is 5.10 Å². The second-order valence-electron chi connectivity index (χ2n) is 3.69. The Morgan fingerprint density at radius 2 is 2.12 bits per heavy atom. The molecular weight excluding hydrogens is 220 g/mol. The summed E-state index contributed by atoms with van der Waals surface area (Å²) in [5.41, 5.74) is 9.02. The van der Waals surface area contributed by atoms with Crippen LogP contribution in [0.25, 0.3) is 11.3 Å². The van der Waals surface area contributed by atoms with Gasteiger partial charge in [0.2, 0.25) is 0 Å². The number of nitrogens with zero attached hydrogens (tertiary/aromatic N) is 3. The molecular formula is C11H16N4S. The third kappa shape index (κ3) is 1.82. The van der Waals surface area contributed by atoms with Gasteiger partial charge in [-0.1, -0.05) is 13.8 Å². The molecule has 0 aliphatic heterocycles. The summed E-state index contributed by atoms with van der Waals surface area (Å²) in [7, 11) is 1.92. The quantitative estimate of drug-likeness (QED) is 0.889. The van der Waals surface area contributed by atoms with E-state index in [1.165, 1.54) is 0 Å². The Morgan fingerprint density at radius 3 is 2.69 bits per heavy atom. The Balaban J connectivity index is 2.52. The van der Waals surface area contributed by atoms with Crippen molar-refractivity contribution in [1.82, 2.24) is 14.8 Å². The molecule has 0 aliphatic rings. The summed E-state index contributed by atoms with van der Waals surface area (Å²) in [6.45, 7) is 4.18. The molecule has 5 heteroatoms. The zero-order valence-electron chi connectivity index (χ0n) is 9.82. The average molecular weight is 236 g/mol. The third-order valence-corrected chi connectivity index (χ3v) is 3.52. The Bertz CT molecular complexity index is 498. The SMILES string of the molecule is CCc1nc(-c2cn(C)nc2CC)c(N)s1. The molecule has 0 atom stereocenters. The highest BCUT2D eigenvalue weighted by Gasteiger charge is 2.15. The topological polar surface area (TPSA) is 56.7 Å². The van der Waals surface area contributed by atoms with Crippen LogP contribution in [-0.4, -0.2) is 14.8 Å². The minimum Gasteiger partial charge on any atom is -0.389 e. The van der Waals surface area contributed by atoms with Crippen LogP contribution in [0.1, 0.15) is 24.5 Å². The lowest BCUT2D eigenvalue weighted by atomic mass is 10.1. The summed E-state index contributed by atoms with van der Waals surface area (Å²) in [4.78, 5) is 4.56. The molecule has 2 aromatic rings. The van der Waals surface area contributed by atoms with Crippen molar-refractivity contribution >= 4 is 16.3 Å². The molecule has 0 fully saturated rings. The summed E-state index contributed by atoms with van der Waals surface area (Å²) < 4.78 is 1.82. The van der Waals surface area contributed by atoms with E-state index in [2.05, 4.69) is 23.9 Å². The molecule has 0 saturated carbocycles. The van der Waals surface area contributed by atoms with E-state index < -0.39 is 0 Å². The predicted molar refractivity (Wildman–Crippen MR) is 67.5 cm³/mol. The van der Waals surface area contributed by atoms with Crippen LogP contribution in [0, 0.1) is 0 Å². The molecule has 0 unspecified atom stereocenters. The van der Waals surface area contributed by atoms with Crippen LogP contribution in [0.15, 0.2) is 6.20 Å². The average Bonchev–Trinajstić information content (AvgIpc) is 2.81. The first-order valence-corrected chi connectivity index (χ1v) is 6.25. The van der Waals surface area contributed by atoms with E-state index in [0.717, 1.165) is 39.8 Å². The van der Waals surface area contributed by atoms with E-state index in [-0.39, 0.29) is 0 Å². The van der Waals surface area contributed by atoms with Crippen molar-refractivity contribution in [3.05, 3.63) is 16.9 Å². The molecule has 86 valence electrons. The Labute approximate surface area is 99.1 Å². The van der Waals surface area contributed by atoms with Gasteiger partial charge in [-0.25, -0.2) is 4.98 Å². The Morgan fingerprint density at radius 1 is 1.38 bits per heavy atom. The van der Waals surface area contributed by atoms with E-state index >= 15 is 0 Å². The largest absolute Gasteiger partial charge is 0.389 e. The summed E-state index contributed by atoms with van der Waals surface area (Å²) in [6, 6.07) is 0. The molecule has 2 N–H and O–H groups in total. The molecule has 2 heterocycles. The monoisotopic (exact) mass is 236 g/mol. The van der Waals surface area contributed by atoms with Crippen molar-refractivity contribution in [3.63, 3.8) is 0 Å². The lowest BCUT2D eigenvalue weighted by molar-refractivity contribution is 0.746. The number of anilines is 1. The van der Waals surface area contributed by atoms with Crippen molar-refractivity contribution in [1.29, 1.82) is 0 Å². The predicted octanol–water partition coefficient (Wildman–Crippen LogP) is 2.25. The van der Waals surface area contributed by atoms with Crippen molar-refractivity contribution < 1.29 is 0 Å². The zero-order chi connectivity index (χ0) is 11.7. The minimum atomic E-state index is 0.791. The van der Waals surface area contributed by atoms with E-state index in [9.17, 15) is 0 Å². The first-order chi connectivity index (χ1) is 7.65. The van der Waals surface area contributed by atoms with Gasteiger partial charge in [0.15, 0.2) is 0 Å². The summed E-state index contributed by atoms with van der Waals surface area (Å²) >= 11 is 1.57. The van der Waals surface area contributed by atoms with Crippen LogP contribution in [-0.2, 0) is 19.9 Å². The lowest BCUT2D eigenvalue weighted by Gasteiger charge is -1.96. The van der Waals surface area contributed by atoms with Gasteiger partial charge in [-0.15, -0.1) is 11.3 Å². The maximum Gasteiger partial charge on any atom is 0.114 e. The van der Waals surface area contributed by atoms with Gasteiger partial charge in [0.1, 0.15) is 10.7 Å². The fourth-order valence-electron chi connectivity index (χ4n) is 1.72. The van der Waals surface area contributed by atoms with Gasteiger partial charge in [0.05, 0.1) is 10.7 Å².